The molecule has 12 heavy (non-hydrogen) atoms. The lowest BCUT2D eigenvalue weighted by Crippen LogP contribution is -1.74. The van der Waals surface area contributed by atoms with Crippen LogP contribution in [0.2, 0.25) is 0 Å². The molecule has 0 spiro atoms. The normalized spacial score (nSPS) is 10.1. The molecule has 2 nitrogen and oxygen atoms in total. The third-order valence-corrected chi connectivity index (χ3v) is 1.84. The van der Waals surface area contributed by atoms with Gasteiger partial charge in [0.1, 0.15) is 5.76 Å². The maximum Gasteiger partial charge on any atom is 0.141 e. The van der Waals surface area contributed by atoms with Crippen molar-refractivity contribution < 1.29 is 4.52 Å². The molecule has 0 aliphatic carbocycles. The van der Waals surface area contributed by atoms with Crippen LogP contribution in [-0.4, -0.2) is 5.16 Å². The first kappa shape index (κ1) is 7.10. The lowest BCUT2D eigenvalue weighted by atomic mass is 10.1. The predicted molar refractivity (Wildman–Crippen MR) is 46.7 cm³/mol. The maximum atomic E-state index is 4.97. The number of aromatic nitrogens is 1. The molecule has 0 saturated heterocycles. The summed E-state index contributed by atoms with van der Waals surface area (Å²) in [5.74, 6) is 0.862. The van der Waals surface area contributed by atoms with Crippen molar-refractivity contribution in [3.05, 3.63) is 42.3 Å². The first-order valence-electron chi connectivity index (χ1n) is 3.84. The minimum atomic E-state index is 0.862. The van der Waals surface area contributed by atoms with Crippen molar-refractivity contribution in [1.29, 1.82) is 0 Å². The zero-order chi connectivity index (χ0) is 8.39. The molecule has 0 fully saturated rings. The highest BCUT2D eigenvalue weighted by Gasteiger charge is 2.03. The Morgan fingerprint density at radius 3 is 2.50 bits per heavy atom. The number of hydrogen-bond donors (Lipinski definition) is 0. The van der Waals surface area contributed by atoms with Gasteiger partial charge in [0, 0.05) is 5.56 Å². The Balaban J connectivity index is 2.51. The lowest BCUT2D eigenvalue weighted by Gasteiger charge is -1.94. The van der Waals surface area contributed by atoms with Gasteiger partial charge in [-0.1, -0.05) is 35.5 Å². The SMILES string of the molecule is Cc1oncc1-c1ccccc1. The van der Waals surface area contributed by atoms with Gasteiger partial charge in [0.2, 0.25) is 0 Å². The molecular formula is C10H9NO. The Labute approximate surface area is 70.8 Å². The van der Waals surface area contributed by atoms with Crippen molar-refractivity contribution in [1.82, 2.24) is 5.16 Å². The molecular weight excluding hydrogens is 150 g/mol. The molecule has 60 valence electrons. The molecule has 0 radical (unpaired) electrons. The van der Waals surface area contributed by atoms with Gasteiger partial charge < -0.3 is 4.52 Å². The fourth-order valence-electron chi connectivity index (χ4n) is 1.19. The van der Waals surface area contributed by atoms with Crippen LogP contribution < -0.4 is 0 Å². The highest BCUT2D eigenvalue weighted by atomic mass is 16.5. The maximum absolute atomic E-state index is 4.97. The summed E-state index contributed by atoms with van der Waals surface area (Å²) in [6.07, 6.45) is 1.74. The van der Waals surface area contributed by atoms with E-state index in [0.29, 0.717) is 0 Å². The third-order valence-electron chi connectivity index (χ3n) is 1.84. The zero-order valence-electron chi connectivity index (χ0n) is 6.82. The highest BCUT2D eigenvalue weighted by Crippen LogP contribution is 2.21. The Kier molecular flexibility index (Phi) is 1.67. The molecule has 1 heterocycles. The monoisotopic (exact) mass is 159 g/mol. The van der Waals surface area contributed by atoms with Crippen molar-refractivity contribution in [3.8, 4) is 11.1 Å². The van der Waals surface area contributed by atoms with Gasteiger partial charge in [0.05, 0.1) is 6.20 Å². The van der Waals surface area contributed by atoms with E-state index in [-0.39, 0.29) is 0 Å². The number of benzene rings is 1. The van der Waals surface area contributed by atoms with Gasteiger partial charge >= 0.3 is 0 Å². The average Bonchev–Trinajstić information content (AvgIpc) is 2.53. The molecule has 1 aromatic heterocycles. The summed E-state index contributed by atoms with van der Waals surface area (Å²) < 4.78 is 4.97. The highest BCUT2D eigenvalue weighted by molar-refractivity contribution is 5.63. The standard InChI is InChI=1S/C10H9NO/c1-8-10(7-11-12-8)9-5-3-2-4-6-9/h2-7H,1H3. The van der Waals surface area contributed by atoms with Gasteiger partial charge in [0.15, 0.2) is 0 Å². The predicted octanol–water partition coefficient (Wildman–Crippen LogP) is 2.65. The summed E-state index contributed by atoms with van der Waals surface area (Å²) in [5, 5.41) is 3.72. The van der Waals surface area contributed by atoms with Crippen molar-refractivity contribution >= 4 is 0 Å². The van der Waals surface area contributed by atoms with Crippen molar-refractivity contribution in [2.45, 2.75) is 6.92 Å². The molecule has 0 saturated carbocycles. The Bertz CT molecular complexity index is 364. The number of aryl methyl sites for hydroxylation is 1. The number of nitrogens with zero attached hydrogens (tertiary/aromatic N) is 1. The van der Waals surface area contributed by atoms with Crippen molar-refractivity contribution in [2.75, 3.05) is 0 Å². The first-order valence-corrected chi connectivity index (χ1v) is 3.84. The van der Waals surface area contributed by atoms with E-state index in [4.69, 9.17) is 4.52 Å². The topological polar surface area (TPSA) is 26.0 Å². The van der Waals surface area contributed by atoms with Gasteiger partial charge in [-0.05, 0) is 12.5 Å². The fraction of sp³-hybridized carbons (Fsp3) is 0.100. The molecule has 2 rings (SSSR count). The Hall–Kier alpha value is -1.57. The molecule has 2 aromatic rings. The Morgan fingerprint density at radius 1 is 1.17 bits per heavy atom. The van der Waals surface area contributed by atoms with E-state index in [0.717, 1.165) is 16.9 Å². The van der Waals surface area contributed by atoms with Gasteiger partial charge in [-0.3, -0.25) is 0 Å². The second-order valence-electron chi connectivity index (χ2n) is 2.66. The Morgan fingerprint density at radius 2 is 1.92 bits per heavy atom. The molecule has 0 aliphatic rings. The molecule has 1 aromatic carbocycles. The first-order chi connectivity index (χ1) is 5.88. The van der Waals surface area contributed by atoms with Gasteiger partial charge in [-0.25, -0.2) is 0 Å². The van der Waals surface area contributed by atoms with Crippen LogP contribution in [0.5, 0.6) is 0 Å². The quantitative estimate of drug-likeness (QED) is 0.639. The van der Waals surface area contributed by atoms with Crippen molar-refractivity contribution in [3.63, 3.8) is 0 Å². The summed E-state index contributed by atoms with van der Waals surface area (Å²) >= 11 is 0. The van der Waals surface area contributed by atoms with Gasteiger partial charge in [-0.15, -0.1) is 0 Å². The van der Waals surface area contributed by atoms with E-state index in [1.54, 1.807) is 6.20 Å². The molecule has 0 aliphatic heterocycles. The number of hydrogen-bond acceptors (Lipinski definition) is 2. The minimum absolute atomic E-state index is 0.862. The van der Waals surface area contributed by atoms with E-state index in [1.165, 1.54) is 0 Å². The summed E-state index contributed by atoms with van der Waals surface area (Å²) in [7, 11) is 0. The average molecular weight is 159 g/mol. The van der Waals surface area contributed by atoms with Crippen LogP contribution in [0, 0.1) is 6.92 Å². The van der Waals surface area contributed by atoms with Crippen LogP contribution >= 0.6 is 0 Å². The molecule has 2 heteroatoms. The van der Waals surface area contributed by atoms with E-state index < -0.39 is 0 Å². The third kappa shape index (κ3) is 1.11. The fourth-order valence-corrected chi connectivity index (χ4v) is 1.19. The summed E-state index contributed by atoms with van der Waals surface area (Å²) in [6, 6.07) is 10.1. The summed E-state index contributed by atoms with van der Waals surface area (Å²) in [4.78, 5) is 0. The zero-order valence-corrected chi connectivity index (χ0v) is 6.82. The van der Waals surface area contributed by atoms with E-state index in [1.807, 2.05) is 37.3 Å². The smallest absolute Gasteiger partial charge is 0.141 e. The lowest BCUT2D eigenvalue weighted by molar-refractivity contribution is 0.398. The van der Waals surface area contributed by atoms with Crippen LogP contribution in [0.1, 0.15) is 5.76 Å². The summed E-state index contributed by atoms with van der Waals surface area (Å²) in [6.45, 7) is 1.91. The van der Waals surface area contributed by atoms with Crippen LogP contribution in [0.3, 0.4) is 0 Å². The molecule has 0 N–H and O–H groups in total. The van der Waals surface area contributed by atoms with Crippen LogP contribution in [0.4, 0.5) is 0 Å². The van der Waals surface area contributed by atoms with Gasteiger partial charge in [-0.2, -0.15) is 0 Å². The van der Waals surface area contributed by atoms with Crippen LogP contribution in [0.15, 0.2) is 41.1 Å². The molecule has 0 amide bonds. The van der Waals surface area contributed by atoms with Crippen molar-refractivity contribution in [2.24, 2.45) is 0 Å². The summed E-state index contributed by atoms with van der Waals surface area (Å²) in [5.41, 5.74) is 2.21. The van der Waals surface area contributed by atoms with E-state index >= 15 is 0 Å². The van der Waals surface area contributed by atoms with Gasteiger partial charge in [0.25, 0.3) is 0 Å². The second-order valence-corrected chi connectivity index (χ2v) is 2.66. The van der Waals surface area contributed by atoms with Crippen LogP contribution in [-0.2, 0) is 0 Å². The van der Waals surface area contributed by atoms with Crippen LogP contribution in [0.25, 0.3) is 11.1 Å². The molecule has 0 bridgehead atoms. The molecule has 0 atom stereocenters. The van der Waals surface area contributed by atoms with E-state index in [9.17, 15) is 0 Å². The second kappa shape index (κ2) is 2.81. The minimum Gasteiger partial charge on any atom is -0.361 e. The van der Waals surface area contributed by atoms with E-state index in [2.05, 4.69) is 5.16 Å². The molecule has 0 unspecified atom stereocenters. The number of rotatable bonds is 1. The largest absolute Gasteiger partial charge is 0.361 e.